The highest BCUT2D eigenvalue weighted by atomic mass is 16.4. The molecule has 1 saturated heterocycles. The number of nitrogens with two attached hydrogens (primary N) is 5. The predicted octanol–water partition coefficient (Wildman–Crippen LogP) is -4.06. The van der Waals surface area contributed by atoms with E-state index in [-0.39, 0.29) is 57.6 Å². The van der Waals surface area contributed by atoms with Gasteiger partial charge in [-0.1, -0.05) is 0 Å². The number of carboxylic acid groups (broad SMARTS) is 1. The average Bonchev–Trinajstić information content (AvgIpc) is 3.30. The van der Waals surface area contributed by atoms with Crippen molar-refractivity contribution in [2.75, 3.05) is 13.1 Å². The maximum Gasteiger partial charge on any atom is 0.326 e. The first-order chi connectivity index (χ1) is 17.3. The van der Waals surface area contributed by atoms with Gasteiger partial charge in [0, 0.05) is 25.9 Å². The SMILES string of the molecule is NC(=O)CCC(N)C(=O)N1CCCC1C(=O)NC(CCC(N)=O)C(=O)NC(CCCN=C(N)N)C(=O)O. The second kappa shape index (κ2) is 15.2. The molecule has 0 radical (unpaired) electrons. The van der Waals surface area contributed by atoms with Crippen molar-refractivity contribution in [2.24, 2.45) is 33.7 Å². The summed E-state index contributed by atoms with van der Waals surface area (Å²) in [5.41, 5.74) is 26.6. The van der Waals surface area contributed by atoms with E-state index in [1.54, 1.807) is 0 Å². The van der Waals surface area contributed by atoms with Crippen LogP contribution in [0.2, 0.25) is 0 Å². The molecule has 0 saturated carbocycles. The summed E-state index contributed by atoms with van der Waals surface area (Å²) in [5, 5.41) is 14.3. The highest BCUT2D eigenvalue weighted by molar-refractivity contribution is 5.94. The van der Waals surface area contributed by atoms with Crippen LogP contribution in [-0.2, 0) is 28.8 Å². The number of primary amides is 2. The highest BCUT2D eigenvalue weighted by Crippen LogP contribution is 2.19. The monoisotopic (exact) mass is 527 g/mol. The fourth-order valence-corrected chi connectivity index (χ4v) is 3.79. The third-order valence-electron chi connectivity index (χ3n) is 5.73. The molecule has 0 aromatic carbocycles. The van der Waals surface area contributed by atoms with Crippen LogP contribution in [0.3, 0.4) is 0 Å². The standard InChI is InChI=1S/C21H37N9O7/c22-11(5-7-15(23)31)19(35)30-10-2-4-14(30)18(34)28-12(6-8-16(24)32)17(33)29-13(20(36)37)3-1-9-27-21(25)26/h11-14H,1-10,22H2,(H2,23,31)(H2,24,32)(H,28,34)(H,29,33)(H,36,37)(H4,25,26,27). The van der Waals surface area contributed by atoms with Crippen molar-refractivity contribution < 1.29 is 33.9 Å². The number of guanidine groups is 1. The minimum Gasteiger partial charge on any atom is -0.480 e. The molecule has 0 aromatic rings. The molecule has 1 aliphatic rings. The summed E-state index contributed by atoms with van der Waals surface area (Å²) in [6.07, 6.45) is 0.531. The van der Waals surface area contributed by atoms with Crippen LogP contribution in [0.5, 0.6) is 0 Å². The maximum atomic E-state index is 13.0. The third kappa shape index (κ3) is 11.1. The Morgan fingerprint density at radius 3 is 2.11 bits per heavy atom. The van der Waals surface area contributed by atoms with Crippen LogP contribution < -0.4 is 39.3 Å². The number of carbonyl (C=O) groups excluding carboxylic acids is 5. The van der Waals surface area contributed by atoms with E-state index in [1.807, 2.05) is 0 Å². The van der Waals surface area contributed by atoms with Crippen LogP contribution in [0.25, 0.3) is 0 Å². The van der Waals surface area contributed by atoms with Gasteiger partial charge in [0.15, 0.2) is 5.96 Å². The number of aliphatic imine (C=N–C) groups is 1. The van der Waals surface area contributed by atoms with Crippen molar-refractivity contribution in [1.82, 2.24) is 15.5 Å². The van der Waals surface area contributed by atoms with Gasteiger partial charge in [0.05, 0.1) is 6.04 Å². The van der Waals surface area contributed by atoms with E-state index in [0.29, 0.717) is 12.8 Å². The van der Waals surface area contributed by atoms with Crippen molar-refractivity contribution in [2.45, 2.75) is 75.5 Å². The number of amides is 5. The van der Waals surface area contributed by atoms with Crippen LogP contribution in [0.15, 0.2) is 4.99 Å². The topological polar surface area (TPSA) is 292 Å². The number of rotatable bonds is 16. The molecule has 13 N–H and O–H groups in total. The van der Waals surface area contributed by atoms with E-state index in [2.05, 4.69) is 15.6 Å². The molecule has 0 aliphatic carbocycles. The molecular formula is C21H37N9O7. The van der Waals surface area contributed by atoms with Crippen LogP contribution in [-0.4, -0.2) is 88.7 Å². The van der Waals surface area contributed by atoms with Gasteiger partial charge < -0.3 is 49.3 Å². The molecule has 208 valence electrons. The quantitative estimate of drug-likeness (QED) is 0.0545. The molecule has 37 heavy (non-hydrogen) atoms. The smallest absolute Gasteiger partial charge is 0.326 e. The van der Waals surface area contributed by atoms with Gasteiger partial charge in [-0.25, -0.2) is 4.79 Å². The first-order valence-corrected chi connectivity index (χ1v) is 11.8. The Bertz CT molecular complexity index is 892. The first kappa shape index (κ1) is 31.1. The highest BCUT2D eigenvalue weighted by Gasteiger charge is 2.38. The van der Waals surface area contributed by atoms with Crippen LogP contribution in [0.4, 0.5) is 0 Å². The Kier molecular flexibility index (Phi) is 12.8. The van der Waals surface area contributed by atoms with Gasteiger partial charge in [-0.15, -0.1) is 0 Å². The van der Waals surface area contributed by atoms with Crippen molar-refractivity contribution in [3.8, 4) is 0 Å². The van der Waals surface area contributed by atoms with Crippen molar-refractivity contribution in [1.29, 1.82) is 0 Å². The average molecular weight is 528 g/mol. The second-order valence-electron chi connectivity index (χ2n) is 8.72. The lowest BCUT2D eigenvalue weighted by atomic mass is 10.1. The van der Waals surface area contributed by atoms with E-state index in [4.69, 9.17) is 28.7 Å². The van der Waals surface area contributed by atoms with E-state index in [9.17, 15) is 33.9 Å². The normalized spacial score (nSPS) is 17.2. The predicted molar refractivity (Wildman–Crippen MR) is 131 cm³/mol. The van der Waals surface area contributed by atoms with E-state index in [0.717, 1.165) is 0 Å². The fourth-order valence-electron chi connectivity index (χ4n) is 3.79. The number of aliphatic carboxylic acids is 1. The zero-order valence-electron chi connectivity index (χ0n) is 20.6. The number of likely N-dealkylation sites (tertiary alicyclic amines) is 1. The summed E-state index contributed by atoms with van der Waals surface area (Å²) < 4.78 is 0. The number of hydrogen-bond acceptors (Lipinski definition) is 8. The summed E-state index contributed by atoms with van der Waals surface area (Å²) in [6.45, 7) is 0.396. The van der Waals surface area contributed by atoms with Gasteiger partial charge in [0.1, 0.15) is 18.1 Å². The molecule has 1 aliphatic heterocycles. The summed E-state index contributed by atoms with van der Waals surface area (Å²) in [7, 11) is 0. The summed E-state index contributed by atoms with van der Waals surface area (Å²) in [6, 6.07) is -4.57. The van der Waals surface area contributed by atoms with Gasteiger partial charge in [-0.2, -0.15) is 0 Å². The molecule has 0 bridgehead atoms. The van der Waals surface area contributed by atoms with E-state index in [1.165, 1.54) is 4.90 Å². The molecule has 4 unspecified atom stereocenters. The molecule has 1 rings (SSSR count). The van der Waals surface area contributed by atoms with Crippen molar-refractivity contribution >= 4 is 41.5 Å². The zero-order valence-corrected chi connectivity index (χ0v) is 20.6. The number of carbonyl (C=O) groups is 6. The molecule has 0 aromatic heterocycles. The number of nitrogens with one attached hydrogen (secondary N) is 2. The lowest BCUT2D eigenvalue weighted by molar-refractivity contribution is -0.143. The Morgan fingerprint density at radius 2 is 1.54 bits per heavy atom. The summed E-state index contributed by atoms with van der Waals surface area (Å²) in [4.78, 5) is 77.6. The lowest BCUT2D eigenvalue weighted by Gasteiger charge is -2.28. The molecule has 16 nitrogen and oxygen atoms in total. The Morgan fingerprint density at radius 1 is 0.919 bits per heavy atom. The van der Waals surface area contributed by atoms with Gasteiger partial charge in [0.2, 0.25) is 29.5 Å². The van der Waals surface area contributed by atoms with Gasteiger partial charge in [-0.3, -0.25) is 29.0 Å². The van der Waals surface area contributed by atoms with Crippen molar-refractivity contribution in [3.05, 3.63) is 0 Å². The second-order valence-corrected chi connectivity index (χ2v) is 8.72. The molecule has 1 heterocycles. The van der Waals surface area contributed by atoms with Crippen LogP contribution in [0, 0.1) is 0 Å². The summed E-state index contributed by atoms with van der Waals surface area (Å²) in [5.74, 6) is -4.84. The van der Waals surface area contributed by atoms with Gasteiger partial charge in [-0.05, 0) is 38.5 Å². The fraction of sp³-hybridized carbons (Fsp3) is 0.667. The maximum absolute atomic E-state index is 13.0. The summed E-state index contributed by atoms with van der Waals surface area (Å²) >= 11 is 0. The van der Waals surface area contributed by atoms with Gasteiger partial charge >= 0.3 is 5.97 Å². The Labute approximate surface area is 213 Å². The van der Waals surface area contributed by atoms with Crippen LogP contribution in [0.1, 0.15) is 51.4 Å². The van der Waals surface area contributed by atoms with Crippen molar-refractivity contribution in [3.63, 3.8) is 0 Å². The first-order valence-electron chi connectivity index (χ1n) is 11.8. The lowest BCUT2D eigenvalue weighted by Crippen LogP contribution is -2.56. The number of nitrogens with zero attached hydrogens (tertiary/aromatic N) is 2. The minimum absolute atomic E-state index is 0.00242. The minimum atomic E-state index is -1.31. The number of hydrogen-bond donors (Lipinski definition) is 8. The third-order valence-corrected chi connectivity index (χ3v) is 5.73. The van der Waals surface area contributed by atoms with Gasteiger partial charge in [0.25, 0.3) is 0 Å². The Hall–Kier alpha value is -3.95. The molecule has 4 atom stereocenters. The van der Waals surface area contributed by atoms with Crippen LogP contribution >= 0.6 is 0 Å². The number of carboxylic acids is 1. The molecule has 0 spiro atoms. The van der Waals surface area contributed by atoms with E-state index >= 15 is 0 Å². The molecule has 5 amide bonds. The zero-order chi connectivity index (χ0) is 28.1. The molecule has 16 heteroatoms. The molecule has 1 fully saturated rings. The Balaban J connectivity index is 2.90. The molecular weight excluding hydrogens is 490 g/mol. The largest absolute Gasteiger partial charge is 0.480 e. The van der Waals surface area contributed by atoms with E-state index < -0.39 is 59.7 Å².